The van der Waals surface area contributed by atoms with Crippen molar-refractivity contribution in [1.82, 2.24) is 25.3 Å². The third-order valence-corrected chi connectivity index (χ3v) is 4.72. The Morgan fingerprint density at radius 3 is 2.85 bits per heavy atom. The highest BCUT2D eigenvalue weighted by atomic mass is 16.5. The van der Waals surface area contributed by atoms with Crippen LogP contribution in [0.1, 0.15) is 58.7 Å². The SMILES string of the molecule is CCCNC(=O)N1CCCC(N(CCc2noc(CC(C)C)n2)C(C)=O)C1. The van der Waals surface area contributed by atoms with E-state index in [9.17, 15) is 9.59 Å². The van der Waals surface area contributed by atoms with Gasteiger partial charge in [-0.05, 0) is 25.2 Å². The van der Waals surface area contributed by atoms with Crippen molar-refractivity contribution >= 4 is 11.9 Å². The van der Waals surface area contributed by atoms with Gasteiger partial charge in [0, 0.05) is 52.0 Å². The number of rotatable bonds is 8. The summed E-state index contributed by atoms with van der Waals surface area (Å²) in [6, 6.07) is -0.00721. The van der Waals surface area contributed by atoms with Gasteiger partial charge in [0.2, 0.25) is 11.8 Å². The number of hydrogen-bond donors (Lipinski definition) is 1. The lowest BCUT2D eigenvalue weighted by Crippen LogP contribution is -2.53. The topological polar surface area (TPSA) is 91.6 Å². The molecule has 1 aromatic rings. The Bertz CT molecular complexity index is 616. The van der Waals surface area contributed by atoms with E-state index in [0.29, 0.717) is 43.7 Å². The fraction of sp³-hybridized carbons (Fsp3) is 0.789. The maximum atomic E-state index is 12.2. The van der Waals surface area contributed by atoms with Gasteiger partial charge in [-0.3, -0.25) is 4.79 Å². The van der Waals surface area contributed by atoms with Gasteiger partial charge < -0.3 is 19.6 Å². The zero-order valence-corrected chi connectivity index (χ0v) is 17.0. The van der Waals surface area contributed by atoms with Gasteiger partial charge in [0.15, 0.2) is 5.82 Å². The average molecular weight is 380 g/mol. The summed E-state index contributed by atoms with van der Waals surface area (Å²) in [4.78, 5) is 32.5. The molecule has 2 rings (SSSR count). The molecule has 0 saturated carbocycles. The Balaban J connectivity index is 1.92. The van der Waals surface area contributed by atoms with Crippen LogP contribution in [0.3, 0.4) is 0 Å². The molecule has 0 spiro atoms. The summed E-state index contributed by atoms with van der Waals surface area (Å²) in [6.07, 6.45) is 4.02. The standard InChI is InChI=1S/C19H33N5O3/c1-5-9-20-19(26)23-10-6-7-16(13-23)24(15(4)25)11-8-17-21-18(27-22-17)12-14(2)3/h14,16H,5-13H2,1-4H3,(H,20,26). The molecule has 0 radical (unpaired) electrons. The quantitative estimate of drug-likeness (QED) is 0.748. The van der Waals surface area contributed by atoms with Crippen LogP contribution in [-0.2, 0) is 17.6 Å². The normalized spacial score (nSPS) is 17.2. The van der Waals surface area contributed by atoms with Crippen LogP contribution in [0.25, 0.3) is 0 Å². The van der Waals surface area contributed by atoms with Crippen molar-refractivity contribution in [2.24, 2.45) is 5.92 Å². The molecule has 2 heterocycles. The second kappa shape index (κ2) is 10.3. The van der Waals surface area contributed by atoms with Crippen LogP contribution in [0.4, 0.5) is 4.79 Å². The van der Waals surface area contributed by atoms with Crippen LogP contribution in [0.2, 0.25) is 0 Å². The molecule has 3 amide bonds. The largest absolute Gasteiger partial charge is 0.339 e. The first-order chi connectivity index (χ1) is 12.9. The van der Waals surface area contributed by atoms with Gasteiger partial charge in [0.25, 0.3) is 0 Å². The number of carbonyl (C=O) groups excluding carboxylic acids is 2. The Morgan fingerprint density at radius 1 is 1.41 bits per heavy atom. The van der Waals surface area contributed by atoms with Crippen molar-refractivity contribution in [2.45, 2.75) is 65.8 Å². The van der Waals surface area contributed by atoms with E-state index in [1.54, 1.807) is 6.92 Å². The van der Waals surface area contributed by atoms with Crippen LogP contribution in [0.15, 0.2) is 4.52 Å². The first-order valence-corrected chi connectivity index (χ1v) is 10.0. The summed E-state index contributed by atoms with van der Waals surface area (Å²) in [7, 11) is 0. The number of hydrogen-bond acceptors (Lipinski definition) is 5. The zero-order valence-electron chi connectivity index (χ0n) is 17.0. The van der Waals surface area contributed by atoms with Crippen LogP contribution >= 0.6 is 0 Å². The summed E-state index contributed by atoms with van der Waals surface area (Å²) in [5, 5.41) is 6.94. The monoisotopic (exact) mass is 379 g/mol. The Kier molecular flexibility index (Phi) is 8.06. The molecule has 1 N–H and O–H groups in total. The minimum atomic E-state index is -0.0402. The summed E-state index contributed by atoms with van der Waals surface area (Å²) in [5.74, 6) is 1.75. The molecule has 0 aliphatic carbocycles. The molecule has 1 saturated heterocycles. The maximum Gasteiger partial charge on any atom is 0.317 e. The zero-order chi connectivity index (χ0) is 19.8. The van der Waals surface area contributed by atoms with Crippen molar-refractivity contribution in [3.05, 3.63) is 11.7 Å². The third kappa shape index (κ3) is 6.52. The fourth-order valence-corrected chi connectivity index (χ4v) is 3.38. The average Bonchev–Trinajstić information content (AvgIpc) is 3.06. The van der Waals surface area contributed by atoms with Crippen molar-refractivity contribution in [3.8, 4) is 0 Å². The lowest BCUT2D eigenvalue weighted by molar-refractivity contribution is -0.132. The Labute approximate surface area is 161 Å². The van der Waals surface area contributed by atoms with E-state index in [2.05, 4.69) is 29.3 Å². The molecule has 0 bridgehead atoms. The number of aromatic nitrogens is 2. The van der Waals surface area contributed by atoms with E-state index in [0.717, 1.165) is 32.2 Å². The molecular formula is C19H33N5O3. The minimum Gasteiger partial charge on any atom is -0.339 e. The second-order valence-electron chi connectivity index (χ2n) is 7.64. The summed E-state index contributed by atoms with van der Waals surface area (Å²) in [5.41, 5.74) is 0. The predicted octanol–water partition coefficient (Wildman–Crippen LogP) is 2.24. The van der Waals surface area contributed by atoms with E-state index in [1.165, 1.54) is 0 Å². The first-order valence-electron chi connectivity index (χ1n) is 10.0. The molecule has 1 fully saturated rings. The molecule has 8 nitrogen and oxygen atoms in total. The molecule has 1 unspecified atom stereocenters. The van der Waals surface area contributed by atoms with Crippen molar-refractivity contribution in [1.29, 1.82) is 0 Å². The molecule has 27 heavy (non-hydrogen) atoms. The van der Waals surface area contributed by atoms with Gasteiger partial charge in [-0.2, -0.15) is 4.98 Å². The summed E-state index contributed by atoms with van der Waals surface area (Å²) in [6.45, 7) is 10.3. The molecule has 1 aliphatic heterocycles. The fourth-order valence-electron chi connectivity index (χ4n) is 3.38. The molecule has 0 aromatic carbocycles. The lowest BCUT2D eigenvalue weighted by Gasteiger charge is -2.39. The van der Waals surface area contributed by atoms with Crippen LogP contribution in [0, 0.1) is 5.92 Å². The number of carbonyl (C=O) groups is 2. The molecular weight excluding hydrogens is 346 g/mol. The van der Waals surface area contributed by atoms with Crippen LogP contribution in [0.5, 0.6) is 0 Å². The van der Waals surface area contributed by atoms with Crippen molar-refractivity contribution in [3.63, 3.8) is 0 Å². The van der Waals surface area contributed by atoms with Crippen LogP contribution < -0.4 is 5.32 Å². The highest BCUT2D eigenvalue weighted by Crippen LogP contribution is 2.17. The van der Waals surface area contributed by atoms with E-state index in [1.807, 2.05) is 16.7 Å². The molecule has 1 aliphatic rings. The number of urea groups is 1. The van der Waals surface area contributed by atoms with E-state index in [-0.39, 0.29) is 18.0 Å². The second-order valence-corrected chi connectivity index (χ2v) is 7.64. The van der Waals surface area contributed by atoms with E-state index >= 15 is 0 Å². The van der Waals surface area contributed by atoms with Gasteiger partial charge in [-0.25, -0.2) is 4.79 Å². The van der Waals surface area contributed by atoms with E-state index in [4.69, 9.17) is 4.52 Å². The smallest absolute Gasteiger partial charge is 0.317 e. The van der Waals surface area contributed by atoms with Gasteiger partial charge >= 0.3 is 6.03 Å². The summed E-state index contributed by atoms with van der Waals surface area (Å²) < 4.78 is 5.27. The molecule has 152 valence electrons. The van der Waals surface area contributed by atoms with Gasteiger partial charge in [-0.15, -0.1) is 0 Å². The Hall–Kier alpha value is -2.12. The minimum absolute atomic E-state index is 0.0155. The number of likely N-dealkylation sites (tertiary alicyclic amines) is 1. The number of nitrogens with one attached hydrogen (secondary N) is 1. The maximum absolute atomic E-state index is 12.2. The van der Waals surface area contributed by atoms with Crippen molar-refractivity contribution in [2.75, 3.05) is 26.2 Å². The highest BCUT2D eigenvalue weighted by Gasteiger charge is 2.29. The predicted molar refractivity (Wildman–Crippen MR) is 102 cm³/mol. The van der Waals surface area contributed by atoms with Gasteiger partial charge in [0.05, 0.1) is 0 Å². The summed E-state index contributed by atoms with van der Waals surface area (Å²) >= 11 is 0. The van der Waals surface area contributed by atoms with E-state index < -0.39 is 0 Å². The van der Waals surface area contributed by atoms with Gasteiger partial charge in [-0.1, -0.05) is 25.9 Å². The van der Waals surface area contributed by atoms with Gasteiger partial charge in [0.1, 0.15) is 0 Å². The molecule has 8 heteroatoms. The third-order valence-electron chi connectivity index (χ3n) is 4.72. The lowest BCUT2D eigenvalue weighted by atomic mass is 10.0. The van der Waals surface area contributed by atoms with Crippen LogP contribution in [-0.4, -0.2) is 64.1 Å². The number of piperidine rings is 1. The Morgan fingerprint density at radius 2 is 2.19 bits per heavy atom. The molecule has 1 atom stereocenters. The highest BCUT2D eigenvalue weighted by molar-refractivity contribution is 5.75. The molecule has 1 aromatic heterocycles. The van der Waals surface area contributed by atoms with Crippen molar-refractivity contribution < 1.29 is 14.1 Å². The first kappa shape index (κ1) is 21.2. The number of nitrogens with zero attached hydrogens (tertiary/aromatic N) is 4. The number of amides is 3.